The molecule has 0 unspecified atom stereocenters. The van der Waals surface area contributed by atoms with Crippen LogP contribution in [0.1, 0.15) is 0 Å². The minimum absolute atomic E-state index is 0.301. The summed E-state index contributed by atoms with van der Waals surface area (Å²) in [5.74, 6) is -0.810. The fraction of sp³-hybridized carbons (Fsp3) is 0. The molecule has 3 nitrogen and oxygen atoms in total. The van der Waals surface area contributed by atoms with Crippen molar-refractivity contribution in [2.24, 2.45) is 0 Å². The summed E-state index contributed by atoms with van der Waals surface area (Å²) >= 11 is 0. The first-order chi connectivity index (χ1) is 8.24. The van der Waals surface area contributed by atoms with Crippen LogP contribution in [-0.4, -0.2) is 4.98 Å². The number of halogens is 1. The van der Waals surface area contributed by atoms with Crippen molar-refractivity contribution in [3.8, 4) is 11.1 Å². The molecule has 0 radical (unpaired) electrons. The fourth-order valence-corrected chi connectivity index (χ4v) is 1.81. The minimum atomic E-state index is -0.509. The van der Waals surface area contributed by atoms with E-state index in [0.29, 0.717) is 22.2 Å². The summed E-state index contributed by atoms with van der Waals surface area (Å²) < 4.78 is 18.5. The molecule has 0 saturated carbocycles. The SMILES string of the molecule is O=c1[nH]c2ccc(-c3ccccc3F)cc2o1. The monoisotopic (exact) mass is 229 g/mol. The molecule has 0 spiro atoms. The van der Waals surface area contributed by atoms with E-state index in [9.17, 15) is 9.18 Å². The van der Waals surface area contributed by atoms with Crippen LogP contribution in [-0.2, 0) is 0 Å². The summed E-state index contributed by atoms with van der Waals surface area (Å²) in [6, 6.07) is 11.6. The highest BCUT2D eigenvalue weighted by atomic mass is 19.1. The normalized spacial score (nSPS) is 10.9. The second kappa shape index (κ2) is 3.59. The van der Waals surface area contributed by atoms with Crippen molar-refractivity contribution in [3.05, 3.63) is 58.8 Å². The Labute approximate surface area is 95.5 Å². The average molecular weight is 229 g/mol. The Morgan fingerprint density at radius 2 is 1.94 bits per heavy atom. The van der Waals surface area contributed by atoms with E-state index in [2.05, 4.69) is 4.98 Å². The van der Waals surface area contributed by atoms with E-state index in [-0.39, 0.29) is 5.82 Å². The summed E-state index contributed by atoms with van der Waals surface area (Å²) in [6.07, 6.45) is 0. The first-order valence-corrected chi connectivity index (χ1v) is 5.12. The van der Waals surface area contributed by atoms with Crippen LogP contribution in [0, 0.1) is 5.82 Å². The number of rotatable bonds is 1. The van der Waals surface area contributed by atoms with Crippen molar-refractivity contribution >= 4 is 11.1 Å². The van der Waals surface area contributed by atoms with Crippen LogP contribution in [0.5, 0.6) is 0 Å². The molecule has 0 aliphatic heterocycles. The molecule has 0 atom stereocenters. The van der Waals surface area contributed by atoms with Crippen molar-refractivity contribution in [1.82, 2.24) is 4.98 Å². The Morgan fingerprint density at radius 1 is 1.12 bits per heavy atom. The molecule has 0 fully saturated rings. The van der Waals surface area contributed by atoms with Crippen LogP contribution in [0.15, 0.2) is 51.7 Å². The first-order valence-electron chi connectivity index (χ1n) is 5.12. The molecule has 1 aromatic heterocycles. The third-order valence-electron chi connectivity index (χ3n) is 2.61. The van der Waals surface area contributed by atoms with E-state index in [1.54, 1.807) is 36.4 Å². The maximum Gasteiger partial charge on any atom is 0.417 e. The molecule has 0 bridgehead atoms. The van der Waals surface area contributed by atoms with Crippen LogP contribution in [0.2, 0.25) is 0 Å². The molecule has 0 amide bonds. The highest BCUT2D eigenvalue weighted by Crippen LogP contribution is 2.25. The van der Waals surface area contributed by atoms with Gasteiger partial charge in [0.1, 0.15) is 5.82 Å². The van der Waals surface area contributed by atoms with Gasteiger partial charge in [-0.1, -0.05) is 24.3 Å². The summed E-state index contributed by atoms with van der Waals surface area (Å²) in [7, 11) is 0. The van der Waals surface area contributed by atoms with Gasteiger partial charge in [0, 0.05) is 5.56 Å². The zero-order valence-electron chi connectivity index (χ0n) is 8.74. The van der Waals surface area contributed by atoms with Crippen LogP contribution < -0.4 is 5.76 Å². The van der Waals surface area contributed by atoms with E-state index < -0.39 is 5.76 Å². The Morgan fingerprint density at radius 3 is 2.76 bits per heavy atom. The van der Waals surface area contributed by atoms with Gasteiger partial charge in [-0.3, -0.25) is 4.98 Å². The number of fused-ring (bicyclic) bond motifs is 1. The van der Waals surface area contributed by atoms with Gasteiger partial charge >= 0.3 is 5.76 Å². The van der Waals surface area contributed by atoms with Gasteiger partial charge in [0.15, 0.2) is 5.58 Å². The molecule has 84 valence electrons. The fourth-order valence-electron chi connectivity index (χ4n) is 1.81. The van der Waals surface area contributed by atoms with Gasteiger partial charge in [-0.2, -0.15) is 0 Å². The van der Waals surface area contributed by atoms with E-state index in [1.807, 2.05) is 0 Å². The summed E-state index contributed by atoms with van der Waals surface area (Å²) in [6.45, 7) is 0. The van der Waals surface area contributed by atoms with Gasteiger partial charge in [-0.05, 0) is 23.8 Å². The highest BCUT2D eigenvalue weighted by molar-refractivity contribution is 5.80. The third kappa shape index (κ3) is 1.63. The Balaban J connectivity index is 2.24. The lowest BCUT2D eigenvalue weighted by Crippen LogP contribution is -1.92. The largest absolute Gasteiger partial charge is 0.417 e. The van der Waals surface area contributed by atoms with Crippen molar-refractivity contribution in [1.29, 1.82) is 0 Å². The molecule has 3 aromatic rings. The van der Waals surface area contributed by atoms with Crippen molar-refractivity contribution in [2.45, 2.75) is 0 Å². The molecule has 1 heterocycles. The second-order valence-corrected chi connectivity index (χ2v) is 3.71. The van der Waals surface area contributed by atoms with E-state index in [0.717, 1.165) is 0 Å². The van der Waals surface area contributed by atoms with Crippen LogP contribution in [0.3, 0.4) is 0 Å². The zero-order valence-corrected chi connectivity index (χ0v) is 8.74. The average Bonchev–Trinajstić information content (AvgIpc) is 2.68. The number of benzene rings is 2. The third-order valence-corrected chi connectivity index (χ3v) is 2.61. The number of nitrogens with one attached hydrogen (secondary N) is 1. The molecular formula is C13H8FNO2. The second-order valence-electron chi connectivity index (χ2n) is 3.71. The molecule has 0 aliphatic rings. The number of oxazole rings is 1. The van der Waals surface area contributed by atoms with E-state index in [4.69, 9.17) is 4.42 Å². The zero-order chi connectivity index (χ0) is 11.8. The van der Waals surface area contributed by atoms with Gasteiger partial charge in [-0.25, -0.2) is 9.18 Å². The van der Waals surface area contributed by atoms with Gasteiger partial charge in [-0.15, -0.1) is 0 Å². The molecule has 17 heavy (non-hydrogen) atoms. The number of aromatic nitrogens is 1. The molecule has 0 aliphatic carbocycles. The summed E-state index contributed by atoms with van der Waals surface area (Å²) in [5, 5.41) is 0. The number of hydrogen-bond acceptors (Lipinski definition) is 2. The first kappa shape index (κ1) is 9.84. The minimum Gasteiger partial charge on any atom is -0.408 e. The van der Waals surface area contributed by atoms with Crippen LogP contribution in [0.4, 0.5) is 4.39 Å². The maximum atomic E-state index is 13.6. The maximum absolute atomic E-state index is 13.6. The molecule has 4 heteroatoms. The van der Waals surface area contributed by atoms with E-state index >= 15 is 0 Å². The van der Waals surface area contributed by atoms with Gasteiger partial charge in [0.05, 0.1) is 5.52 Å². The highest BCUT2D eigenvalue weighted by Gasteiger charge is 2.07. The molecule has 1 N–H and O–H groups in total. The predicted molar refractivity (Wildman–Crippen MR) is 62.2 cm³/mol. The molecule has 3 rings (SSSR count). The molecular weight excluding hydrogens is 221 g/mol. The number of hydrogen-bond donors (Lipinski definition) is 1. The lowest BCUT2D eigenvalue weighted by Gasteiger charge is -2.02. The Kier molecular flexibility index (Phi) is 2.08. The Bertz CT molecular complexity index is 742. The summed E-state index contributed by atoms with van der Waals surface area (Å²) in [4.78, 5) is 13.5. The lowest BCUT2D eigenvalue weighted by molar-refractivity contribution is 0.555. The van der Waals surface area contributed by atoms with Crippen molar-refractivity contribution in [3.63, 3.8) is 0 Å². The van der Waals surface area contributed by atoms with Crippen molar-refractivity contribution < 1.29 is 8.81 Å². The van der Waals surface area contributed by atoms with Gasteiger partial charge in [0.2, 0.25) is 0 Å². The number of aromatic amines is 1. The Hall–Kier alpha value is -2.36. The van der Waals surface area contributed by atoms with Gasteiger partial charge < -0.3 is 4.42 Å². The van der Waals surface area contributed by atoms with Gasteiger partial charge in [0.25, 0.3) is 0 Å². The van der Waals surface area contributed by atoms with Crippen LogP contribution >= 0.6 is 0 Å². The van der Waals surface area contributed by atoms with E-state index in [1.165, 1.54) is 6.07 Å². The smallest absolute Gasteiger partial charge is 0.408 e. The standard InChI is InChI=1S/C13H8FNO2/c14-10-4-2-1-3-9(10)8-5-6-11-12(7-8)17-13(16)15-11/h1-7H,(H,15,16). The lowest BCUT2D eigenvalue weighted by atomic mass is 10.1. The van der Waals surface area contributed by atoms with Crippen molar-refractivity contribution in [2.75, 3.05) is 0 Å². The molecule has 2 aromatic carbocycles. The predicted octanol–water partition coefficient (Wildman–Crippen LogP) is 2.93. The van der Waals surface area contributed by atoms with Crippen LogP contribution in [0.25, 0.3) is 22.2 Å². The number of H-pyrrole nitrogens is 1. The molecule has 0 saturated heterocycles. The quantitative estimate of drug-likeness (QED) is 0.697. The topological polar surface area (TPSA) is 46.0 Å². The summed E-state index contributed by atoms with van der Waals surface area (Å²) in [5.41, 5.74) is 2.20.